The number of halogens is 1. The largest absolute Gasteiger partial charge is 0.389 e. The molecule has 1 fully saturated rings. The number of rotatable bonds is 6. The maximum absolute atomic E-state index is 12.2. The van der Waals surface area contributed by atoms with E-state index >= 15 is 0 Å². The number of aliphatic hydroxyl groups is 1. The van der Waals surface area contributed by atoms with E-state index < -0.39 is 6.10 Å². The fourth-order valence-corrected chi connectivity index (χ4v) is 3.67. The van der Waals surface area contributed by atoms with Crippen LogP contribution in [-0.4, -0.2) is 44.0 Å². The van der Waals surface area contributed by atoms with Crippen LogP contribution in [-0.2, 0) is 4.79 Å². The van der Waals surface area contributed by atoms with Crippen molar-refractivity contribution >= 4 is 45.8 Å². The molecule has 1 rings (SSSR count). The number of hydrogen-bond donors (Lipinski definition) is 1. The quantitative estimate of drug-likeness (QED) is 0.464. The molecule has 1 saturated heterocycles. The Morgan fingerprint density at radius 2 is 2.37 bits per heavy atom. The number of carbonyl (C=O) groups is 1. The van der Waals surface area contributed by atoms with E-state index in [1.54, 1.807) is 17.1 Å². The Bertz CT molecular complexity index is 361. The van der Waals surface area contributed by atoms with Crippen molar-refractivity contribution in [3.05, 3.63) is 12.2 Å². The summed E-state index contributed by atoms with van der Waals surface area (Å²) in [5, 5.41) is 9.79. The standard InChI is InChI=1S/C13H20ClNO2S2/c1-9(2)11-8-19-13(18)15(11)12(17)7-10(16)5-3-4-6-14/h3,5,9-11,16H,4,6-8H2,1-2H3/b5-3+/t10?,11-/m0/s1. The van der Waals surface area contributed by atoms with Crippen molar-refractivity contribution < 1.29 is 9.90 Å². The van der Waals surface area contributed by atoms with E-state index in [-0.39, 0.29) is 18.4 Å². The lowest BCUT2D eigenvalue weighted by atomic mass is 10.0. The van der Waals surface area contributed by atoms with Crippen LogP contribution >= 0.6 is 35.6 Å². The highest BCUT2D eigenvalue weighted by molar-refractivity contribution is 8.23. The summed E-state index contributed by atoms with van der Waals surface area (Å²) in [7, 11) is 0. The van der Waals surface area contributed by atoms with Gasteiger partial charge in [-0.1, -0.05) is 50.0 Å². The Morgan fingerprint density at radius 1 is 1.68 bits per heavy atom. The minimum absolute atomic E-state index is 0.0721. The van der Waals surface area contributed by atoms with Gasteiger partial charge >= 0.3 is 0 Å². The molecule has 1 amide bonds. The van der Waals surface area contributed by atoms with E-state index in [9.17, 15) is 9.90 Å². The van der Waals surface area contributed by atoms with E-state index in [1.807, 2.05) is 0 Å². The summed E-state index contributed by atoms with van der Waals surface area (Å²) in [6.45, 7) is 4.16. The number of carbonyl (C=O) groups excluding carboxylic acids is 1. The van der Waals surface area contributed by atoms with Crippen molar-refractivity contribution in [2.24, 2.45) is 5.92 Å². The molecular weight excluding hydrogens is 302 g/mol. The molecule has 6 heteroatoms. The fraction of sp³-hybridized carbons (Fsp3) is 0.692. The molecule has 2 atom stereocenters. The normalized spacial score (nSPS) is 21.6. The van der Waals surface area contributed by atoms with Crippen LogP contribution in [0.4, 0.5) is 0 Å². The lowest BCUT2D eigenvalue weighted by molar-refractivity contribution is -0.130. The summed E-state index contributed by atoms with van der Waals surface area (Å²) in [5.41, 5.74) is 0. The average molecular weight is 322 g/mol. The third-order valence-electron chi connectivity index (χ3n) is 2.96. The molecule has 108 valence electrons. The highest BCUT2D eigenvalue weighted by Gasteiger charge is 2.35. The molecule has 0 spiro atoms. The first-order valence-electron chi connectivity index (χ1n) is 6.36. The number of hydrogen-bond acceptors (Lipinski definition) is 4. The minimum Gasteiger partial charge on any atom is -0.389 e. The fourth-order valence-electron chi connectivity index (χ4n) is 1.88. The van der Waals surface area contributed by atoms with Crippen LogP contribution in [0.5, 0.6) is 0 Å². The Hall–Kier alpha value is -0.100. The zero-order chi connectivity index (χ0) is 14.4. The summed E-state index contributed by atoms with van der Waals surface area (Å²) in [4.78, 5) is 13.9. The smallest absolute Gasteiger partial charge is 0.231 e. The molecule has 1 heterocycles. The predicted octanol–water partition coefficient (Wildman–Crippen LogP) is 2.81. The van der Waals surface area contributed by atoms with E-state index in [0.29, 0.717) is 22.5 Å². The number of thioether (sulfide) groups is 1. The van der Waals surface area contributed by atoms with Crippen molar-refractivity contribution in [3.8, 4) is 0 Å². The van der Waals surface area contributed by atoms with E-state index in [2.05, 4.69) is 13.8 Å². The number of allylic oxidation sites excluding steroid dienone is 1. The van der Waals surface area contributed by atoms with Gasteiger partial charge in [0, 0.05) is 17.7 Å². The van der Waals surface area contributed by atoms with E-state index in [4.69, 9.17) is 23.8 Å². The molecule has 1 N–H and O–H groups in total. The topological polar surface area (TPSA) is 40.5 Å². The van der Waals surface area contributed by atoms with Crippen LogP contribution < -0.4 is 0 Å². The first kappa shape index (κ1) is 17.0. The van der Waals surface area contributed by atoms with Gasteiger partial charge in [0.1, 0.15) is 4.32 Å². The molecule has 19 heavy (non-hydrogen) atoms. The molecule has 0 saturated carbocycles. The molecule has 0 aromatic carbocycles. The lowest BCUT2D eigenvalue weighted by Crippen LogP contribution is -2.42. The molecule has 1 unspecified atom stereocenters. The predicted molar refractivity (Wildman–Crippen MR) is 85.6 cm³/mol. The van der Waals surface area contributed by atoms with Crippen molar-refractivity contribution in [1.29, 1.82) is 0 Å². The number of alkyl halides is 1. The SMILES string of the molecule is CC(C)[C@@H]1CSC(=S)N1C(=O)CC(O)/C=C/CCCl. The van der Waals surface area contributed by atoms with Crippen molar-refractivity contribution in [2.75, 3.05) is 11.6 Å². The second-order valence-corrected chi connectivity index (χ2v) is 6.86. The Labute approximate surface area is 129 Å². The highest BCUT2D eigenvalue weighted by Crippen LogP contribution is 2.29. The molecular formula is C13H20ClNO2S2. The molecule has 0 aromatic rings. The average Bonchev–Trinajstić information content (AvgIpc) is 2.71. The number of aliphatic hydroxyl groups excluding tert-OH is 1. The molecule has 1 aliphatic heterocycles. The van der Waals surface area contributed by atoms with Gasteiger partial charge in [0.2, 0.25) is 5.91 Å². The van der Waals surface area contributed by atoms with Crippen molar-refractivity contribution in [2.45, 2.75) is 38.8 Å². The Morgan fingerprint density at radius 3 is 2.95 bits per heavy atom. The number of nitrogens with zero attached hydrogens (tertiary/aromatic N) is 1. The molecule has 0 aliphatic carbocycles. The highest BCUT2D eigenvalue weighted by atomic mass is 35.5. The monoisotopic (exact) mass is 321 g/mol. The number of thiocarbonyl (C=S) groups is 1. The van der Waals surface area contributed by atoms with Gasteiger partial charge in [-0.3, -0.25) is 9.69 Å². The van der Waals surface area contributed by atoms with Gasteiger partial charge < -0.3 is 5.11 Å². The maximum Gasteiger partial charge on any atom is 0.231 e. The van der Waals surface area contributed by atoms with Gasteiger partial charge in [-0.25, -0.2) is 0 Å². The van der Waals surface area contributed by atoms with Crippen LogP contribution in [0.15, 0.2) is 12.2 Å². The molecule has 0 bridgehead atoms. The summed E-state index contributed by atoms with van der Waals surface area (Å²) < 4.78 is 0.626. The first-order valence-corrected chi connectivity index (χ1v) is 8.29. The summed E-state index contributed by atoms with van der Waals surface area (Å²) in [6, 6.07) is 0.143. The van der Waals surface area contributed by atoms with Crippen molar-refractivity contribution in [1.82, 2.24) is 4.90 Å². The van der Waals surface area contributed by atoms with Gasteiger partial charge in [0.15, 0.2) is 0 Å². The summed E-state index contributed by atoms with van der Waals surface area (Å²) >= 11 is 12.3. The zero-order valence-electron chi connectivity index (χ0n) is 11.2. The van der Waals surface area contributed by atoms with Crippen molar-refractivity contribution in [3.63, 3.8) is 0 Å². The number of amides is 1. The Kier molecular flexibility index (Phi) is 7.36. The molecule has 0 aromatic heterocycles. The van der Waals surface area contributed by atoms with Gasteiger partial charge in [-0.05, 0) is 12.3 Å². The zero-order valence-corrected chi connectivity index (χ0v) is 13.6. The van der Waals surface area contributed by atoms with Gasteiger partial charge in [0.25, 0.3) is 0 Å². The summed E-state index contributed by atoms with van der Waals surface area (Å²) in [6.07, 6.45) is 3.41. The molecule has 0 radical (unpaired) electrons. The van der Waals surface area contributed by atoms with Gasteiger partial charge in [0.05, 0.1) is 12.5 Å². The molecule has 3 nitrogen and oxygen atoms in total. The van der Waals surface area contributed by atoms with Gasteiger partial charge in [-0.2, -0.15) is 0 Å². The second kappa shape index (κ2) is 8.25. The maximum atomic E-state index is 12.2. The Balaban J connectivity index is 2.58. The van der Waals surface area contributed by atoms with E-state index in [0.717, 1.165) is 5.75 Å². The third kappa shape index (κ3) is 5.06. The van der Waals surface area contributed by atoms with Crippen LogP contribution in [0.1, 0.15) is 26.7 Å². The third-order valence-corrected chi connectivity index (χ3v) is 4.68. The minimum atomic E-state index is -0.767. The van der Waals surface area contributed by atoms with Crippen LogP contribution in [0.3, 0.4) is 0 Å². The molecule has 1 aliphatic rings. The van der Waals surface area contributed by atoms with Crippen LogP contribution in [0.2, 0.25) is 0 Å². The van der Waals surface area contributed by atoms with Crippen LogP contribution in [0.25, 0.3) is 0 Å². The second-order valence-electron chi connectivity index (χ2n) is 4.83. The van der Waals surface area contributed by atoms with Gasteiger partial charge in [-0.15, -0.1) is 11.6 Å². The lowest BCUT2D eigenvalue weighted by Gasteiger charge is -2.27. The van der Waals surface area contributed by atoms with Crippen LogP contribution in [0, 0.1) is 5.92 Å². The first-order chi connectivity index (χ1) is 8.97. The van der Waals surface area contributed by atoms with E-state index in [1.165, 1.54) is 11.8 Å². The summed E-state index contributed by atoms with van der Waals surface area (Å²) in [5.74, 6) is 1.62.